The first-order valence-electron chi connectivity index (χ1n) is 7.23. The van der Waals surface area contributed by atoms with E-state index < -0.39 is 5.97 Å². The number of ketones is 1. The van der Waals surface area contributed by atoms with Crippen LogP contribution in [0, 0.1) is 13.8 Å². The third kappa shape index (κ3) is 3.48. The number of H-pyrrole nitrogens is 1. The van der Waals surface area contributed by atoms with E-state index >= 15 is 0 Å². The van der Waals surface area contributed by atoms with Crippen molar-refractivity contribution in [3.8, 4) is 11.5 Å². The summed E-state index contributed by atoms with van der Waals surface area (Å²) in [5.41, 5.74) is 1.84. The first-order valence-corrected chi connectivity index (χ1v) is 7.23. The highest BCUT2D eigenvalue weighted by molar-refractivity contribution is 6.10. The van der Waals surface area contributed by atoms with Gasteiger partial charge in [0.05, 0.1) is 25.9 Å². The molecule has 0 fully saturated rings. The number of carbonyl (C=O) groups is 2. The number of rotatable bonds is 6. The number of carboxylic acids is 1. The molecule has 2 rings (SSSR count). The number of hydrogen-bond donors (Lipinski definition) is 1. The summed E-state index contributed by atoms with van der Waals surface area (Å²) in [6.07, 6.45) is 3.01. The molecule has 0 aliphatic carbocycles. The molecule has 1 N–H and O–H groups in total. The molecule has 0 amide bonds. The quantitative estimate of drug-likeness (QED) is 0.646. The van der Waals surface area contributed by atoms with E-state index in [0.29, 0.717) is 28.3 Å². The highest BCUT2D eigenvalue weighted by atomic mass is 16.5. The standard InChI is InChI=1S/C18H19NO5/c1-10-16(11(2)19-17(10)18(21)22)15(20)6-5-12-7-13(23-3)9-14(8-12)24-4/h5-9,19H,1-4H3,(H,21,22)/p-1/b6-5+. The zero-order chi connectivity index (χ0) is 17.9. The average Bonchev–Trinajstić information content (AvgIpc) is 2.87. The van der Waals surface area contributed by atoms with Crippen LogP contribution >= 0.6 is 0 Å². The molecule has 1 aromatic heterocycles. The van der Waals surface area contributed by atoms with E-state index in [9.17, 15) is 14.7 Å². The SMILES string of the molecule is COc1cc(/C=C/C(=O)c2c(C)[nH]c(C(=O)[O-])c2C)cc(OC)c1. The largest absolute Gasteiger partial charge is 0.543 e. The molecule has 126 valence electrons. The number of aryl methyl sites for hydroxylation is 1. The predicted molar refractivity (Wildman–Crippen MR) is 87.5 cm³/mol. The van der Waals surface area contributed by atoms with Gasteiger partial charge in [0, 0.05) is 17.3 Å². The van der Waals surface area contributed by atoms with Crippen LogP contribution in [-0.2, 0) is 0 Å². The lowest BCUT2D eigenvalue weighted by Crippen LogP contribution is -2.23. The normalized spacial score (nSPS) is 10.8. The van der Waals surface area contributed by atoms with Crippen LogP contribution < -0.4 is 14.6 Å². The summed E-state index contributed by atoms with van der Waals surface area (Å²) >= 11 is 0. The molecule has 0 spiro atoms. The minimum absolute atomic E-state index is 0.0766. The Morgan fingerprint density at radius 2 is 1.67 bits per heavy atom. The first-order chi connectivity index (χ1) is 11.4. The van der Waals surface area contributed by atoms with Gasteiger partial charge in [-0.25, -0.2) is 0 Å². The Bertz CT molecular complexity index is 795. The lowest BCUT2D eigenvalue weighted by atomic mass is 10.0. The molecular formula is C18H18NO5-. The van der Waals surface area contributed by atoms with E-state index in [-0.39, 0.29) is 11.5 Å². The molecular weight excluding hydrogens is 310 g/mol. The fourth-order valence-corrected chi connectivity index (χ4v) is 2.50. The lowest BCUT2D eigenvalue weighted by Gasteiger charge is -2.05. The van der Waals surface area contributed by atoms with Crippen molar-refractivity contribution < 1.29 is 24.2 Å². The third-order valence-electron chi connectivity index (χ3n) is 3.69. The van der Waals surface area contributed by atoms with Crippen LogP contribution in [0.25, 0.3) is 6.08 Å². The van der Waals surface area contributed by atoms with Crippen molar-refractivity contribution in [2.45, 2.75) is 13.8 Å². The summed E-state index contributed by atoms with van der Waals surface area (Å²) in [7, 11) is 3.09. The Kier molecular flexibility index (Phi) is 5.08. The maximum Gasteiger partial charge on any atom is 0.187 e. The van der Waals surface area contributed by atoms with Gasteiger partial charge in [0.2, 0.25) is 0 Å². The number of hydrogen-bond acceptors (Lipinski definition) is 5. The maximum absolute atomic E-state index is 12.4. The van der Waals surface area contributed by atoms with Crippen LogP contribution in [0.5, 0.6) is 11.5 Å². The molecule has 0 bridgehead atoms. The predicted octanol–water partition coefficient (Wildman–Crippen LogP) is 1.91. The molecule has 0 unspecified atom stereocenters. The highest BCUT2D eigenvalue weighted by Crippen LogP contribution is 2.24. The lowest BCUT2D eigenvalue weighted by molar-refractivity contribution is -0.255. The van der Waals surface area contributed by atoms with E-state index in [0.717, 1.165) is 5.56 Å². The monoisotopic (exact) mass is 328 g/mol. The molecule has 6 heteroatoms. The van der Waals surface area contributed by atoms with Gasteiger partial charge in [-0.15, -0.1) is 0 Å². The molecule has 0 atom stereocenters. The van der Waals surface area contributed by atoms with Gasteiger partial charge in [0.15, 0.2) is 5.78 Å². The van der Waals surface area contributed by atoms with Gasteiger partial charge < -0.3 is 24.4 Å². The van der Waals surface area contributed by atoms with Gasteiger partial charge in [-0.1, -0.05) is 6.08 Å². The van der Waals surface area contributed by atoms with Crippen LogP contribution in [0.3, 0.4) is 0 Å². The van der Waals surface area contributed by atoms with Crippen molar-refractivity contribution in [1.29, 1.82) is 0 Å². The summed E-state index contributed by atoms with van der Waals surface area (Å²) in [6, 6.07) is 5.25. The summed E-state index contributed by atoms with van der Waals surface area (Å²) < 4.78 is 10.4. The fourth-order valence-electron chi connectivity index (χ4n) is 2.50. The molecule has 24 heavy (non-hydrogen) atoms. The molecule has 0 saturated heterocycles. The minimum atomic E-state index is -1.34. The van der Waals surface area contributed by atoms with Crippen molar-refractivity contribution in [2.24, 2.45) is 0 Å². The third-order valence-corrected chi connectivity index (χ3v) is 3.69. The number of methoxy groups -OCH3 is 2. The van der Waals surface area contributed by atoms with Crippen molar-refractivity contribution >= 4 is 17.8 Å². The fraction of sp³-hybridized carbons (Fsp3) is 0.222. The Labute approximate surface area is 139 Å². The first kappa shape index (κ1) is 17.3. The number of benzene rings is 1. The smallest absolute Gasteiger partial charge is 0.187 e. The molecule has 0 radical (unpaired) electrons. The second-order valence-corrected chi connectivity index (χ2v) is 5.26. The number of nitrogens with one attached hydrogen (secondary N) is 1. The Hall–Kier alpha value is -3.02. The second kappa shape index (κ2) is 7.04. The molecule has 1 aromatic carbocycles. The van der Waals surface area contributed by atoms with Crippen LogP contribution in [0.1, 0.15) is 37.7 Å². The molecule has 1 heterocycles. The topological polar surface area (TPSA) is 91.5 Å². The minimum Gasteiger partial charge on any atom is -0.543 e. The zero-order valence-corrected chi connectivity index (χ0v) is 13.9. The van der Waals surface area contributed by atoms with Gasteiger partial charge in [-0.05, 0) is 43.2 Å². The van der Waals surface area contributed by atoms with Gasteiger partial charge in [-0.2, -0.15) is 0 Å². The van der Waals surface area contributed by atoms with E-state index in [4.69, 9.17) is 9.47 Å². The maximum atomic E-state index is 12.4. The van der Waals surface area contributed by atoms with Gasteiger partial charge in [0.25, 0.3) is 0 Å². The van der Waals surface area contributed by atoms with E-state index in [1.165, 1.54) is 6.08 Å². The number of ether oxygens (including phenoxy) is 2. The van der Waals surface area contributed by atoms with E-state index in [2.05, 4.69) is 4.98 Å². The number of carboxylic acid groups (broad SMARTS) is 1. The molecule has 0 aliphatic heterocycles. The highest BCUT2D eigenvalue weighted by Gasteiger charge is 2.16. The van der Waals surface area contributed by atoms with Crippen LogP contribution in [0.2, 0.25) is 0 Å². The van der Waals surface area contributed by atoms with Crippen LogP contribution in [0.4, 0.5) is 0 Å². The number of allylic oxidation sites excluding steroid dienone is 1. The van der Waals surface area contributed by atoms with Gasteiger partial charge in [-0.3, -0.25) is 4.79 Å². The molecule has 0 aliphatic rings. The van der Waals surface area contributed by atoms with Crippen molar-refractivity contribution in [2.75, 3.05) is 14.2 Å². The van der Waals surface area contributed by atoms with Crippen molar-refractivity contribution in [3.63, 3.8) is 0 Å². The summed E-state index contributed by atoms with van der Waals surface area (Å²) in [4.78, 5) is 26.1. The van der Waals surface area contributed by atoms with E-state index in [1.807, 2.05) is 0 Å². The van der Waals surface area contributed by atoms with Crippen molar-refractivity contribution in [1.82, 2.24) is 4.98 Å². The van der Waals surface area contributed by atoms with E-state index in [1.54, 1.807) is 52.3 Å². The zero-order valence-electron chi connectivity index (χ0n) is 13.9. The summed E-state index contributed by atoms with van der Waals surface area (Å²) in [5, 5.41) is 11.0. The van der Waals surface area contributed by atoms with Crippen LogP contribution in [0.15, 0.2) is 24.3 Å². The second-order valence-electron chi connectivity index (χ2n) is 5.26. The number of aromatic amines is 1. The molecule has 6 nitrogen and oxygen atoms in total. The number of carbonyl (C=O) groups excluding carboxylic acids is 2. The Balaban J connectivity index is 2.33. The van der Waals surface area contributed by atoms with Gasteiger partial charge in [0.1, 0.15) is 11.5 Å². The Morgan fingerprint density at radius 1 is 1.08 bits per heavy atom. The summed E-state index contributed by atoms with van der Waals surface area (Å²) in [5.74, 6) is -0.420. The molecule has 2 aromatic rings. The molecule has 0 saturated carbocycles. The van der Waals surface area contributed by atoms with Gasteiger partial charge >= 0.3 is 0 Å². The summed E-state index contributed by atoms with van der Waals surface area (Å²) in [6.45, 7) is 3.22. The Morgan fingerprint density at radius 3 is 2.12 bits per heavy atom. The number of aromatic carboxylic acids is 1. The van der Waals surface area contributed by atoms with Crippen molar-refractivity contribution in [3.05, 3.63) is 52.4 Å². The number of aromatic nitrogens is 1. The average molecular weight is 328 g/mol. The van der Waals surface area contributed by atoms with Crippen LogP contribution in [-0.4, -0.2) is 31.0 Å².